The van der Waals surface area contributed by atoms with Gasteiger partial charge in [-0.3, -0.25) is 4.79 Å². The van der Waals surface area contributed by atoms with E-state index < -0.39 is 0 Å². The van der Waals surface area contributed by atoms with Gasteiger partial charge in [0.25, 0.3) is 0 Å². The third-order valence-corrected chi connectivity index (χ3v) is 4.53. The lowest BCUT2D eigenvalue weighted by molar-refractivity contribution is -0.130. The number of hydrogen-bond acceptors (Lipinski definition) is 2. The van der Waals surface area contributed by atoms with Gasteiger partial charge in [-0.2, -0.15) is 0 Å². The standard InChI is InChI=1S/C19H21NO2/c1-20-17(12-15-7-9-18(21)10-8-15)13-16(19(20)22)11-14-5-3-2-4-6-14/h2-10,16-17,21H,11-13H2,1H3/t16?,17-/m0/s1. The highest BCUT2D eigenvalue weighted by Gasteiger charge is 2.36. The van der Waals surface area contributed by atoms with Crippen LogP contribution < -0.4 is 0 Å². The second kappa shape index (κ2) is 6.22. The van der Waals surface area contributed by atoms with Crippen LogP contribution in [-0.4, -0.2) is 29.0 Å². The molecule has 0 aliphatic carbocycles. The third-order valence-electron chi connectivity index (χ3n) is 4.53. The molecule has 2 aromatic rings. The number of carbonyl (C=O) groups excluding carboxylic acids is 1. The fourth-order valence-corrected chi connectivity index (χ4v) is 3.25. The number of rotatable bonds is 4. The molecule has 2 aromatic carbocycles. The zero-order chi connectivity index (χ0) is 15.5. The van der Waals surface area contributed by atoms with Gasteiger partial charge < -0.3 is 10.0 Å². The van der Waals surface area contributed by atoms with Crippen LogP contribution >= 0.6 is 0 Å². The molecule has 0 saturated carbocycles. The summed E-state index contributed by atoms with van der Waals surface area (Å²) in [5.74, 6) is 0.601. The molecule has 1 fully saturated rings. The van der Waals surface area contributed by atoms with E-state index in [1.165, 1.54) is 5.56 Å². The number of nitrogens with zero attached hydrogens (tertiary/aromatic N) is 1. The third kappa shape index (κ3) is 3.14. The van der Waals surface area contributed by atoms with Crippen LogP contribution in [0.1, 0.15) is 17.5 Å². The monoisotopic (exact) mass is 295 g/mol. The molecule has 1 aliphatic rings. The molecule has 1 heterocycles. The Balaban J connectivity index is 1.67. The average Bonchev–Trinajstić information content (AvgIpc) is 2.79. The summed E-state index contributed by atoms with van der Waals surface area (Å²) in [4.78, 5) is 14.3. The summed E-state index contributed by atoms with van der Waals surface area (Å²) in [6.07, 6.45) is 2.55. The summed E-state index contributed by atoms with van der Waals surface area (Å²) in [6.45, 7) is 0. The van der Waals surface area contributed by atoms with Crippen molar-refractivity contribution in [2.45, 2.75) is 25.3 Å². The van der Waals surface area contributed by atoms with E-state index in [2.05, 4.69) is 12.1 Å². The number of likely N-dealkylation sites (tertiary alicyclic amines) is 1. The number of phenols is 1. The molecule has 0 bridgehead atoms. The van der Waals surface area contributed by atoms with Gasteiger partial charge in [-0.25, -0.2) is 0 Å². The minimum Gasteiger partial charge on any atom is -0.508 e. The summed E-state index contributed by atoms with van der Waals surface area (Å²) in [7, 11) is 1.90. The van der Waals surface area contributed by atoms with Crippen molar-refractivity contribution in [3.63, 3.8) is 0 Å². The number of amides is 1. The highest BCUT2D eigenvalue weighted by Crippen LogP contribution is 2.29. The highest BCUT2D eigenvalue weighted by atomic mass is 16.3. The first-order valence-electron chi connectivity index (χ1n) is 7.72. The van der Waals surface area contributed by atoms with E-state index in [4.69, 9.17) is 0 Å². The molecule has 1 saturated heterocycles. The van der Waals surface area contributed by atoms with Crippen LogP contribution in [0.3, 0.4) is 0 Å². The molecule has 1 aliphatic heterocycles. The summed E-state index contributed by atoms with van der Waals surface area (Å²) < 4.78 is 0. The van der Waals surface area contributed by atoms with Crippen molar-refractivity contribution in [3.05, 3.63) is 65.7 Å². The SMILES string of the molecule is CN1C(=O)C(Cc2ccccc2)C[C@@H]1Cc1ccc(O)cc1. The second-order valence-corrected chi connectivity index (χ2v) is 6.10. The zero-order valence-electron chi connectivity index (χ0n) is 12.8. The molecule has 3 heteroatoms. The lowest BCUT2D eigenvalue weighted by Crippen LogP contribution is -2.31. The molecule has 0 radical (unpaired) electrons. The van der Waals surface area contributed by atoms with Crippen LogP contribution in [0.4, 0.5) is 0 Å². The van der Waals surface area contributed by atoms with Crippen molar-refractivity contribution in [1.29, 1.82) is 0 Å². The van der Waals surface area contributed by atoms with E-state index in [1.54, 1.807) is 12.1 Å². The molecule has 22 heavy (non-hydrogen) atoms. The van der Waals surface area contributed by atoms with Crippen LogP contribution in [0.15, 0.2) is 54.6 Å². The molecule has 1 N–H and O–H groups in total. The summed E-state index contributed by atoms with van der Waals surface area (Å²) in [6, 6.07) is 17.7. The number of hydrogen-bond donors (Lipinski definition) is 1. The van der Waals surface area contributed by atoms with Crippen molar-refractivity contribution in [1.82, 2.24) is 4.90 Å². The van der Waals surface area contributed by atoms with Gasteiger partial charge >= 0.3 is 0 Å². The normalized spacial score (nSPS) is 21.3. The van der Waals surface area contributed by atoms with E-state index in [0.29, 0.717) is 0 Å². The molecule has 114 valence electrons. The zero-order valence-corrected chi connectivity index (χ0v) is 12.8. The quantitative estimate of drug-likeness (QED) is 0.942. The smallest absolute Gasteiger partial charge is 0.226 e. The fourth-order valence-electron chi connectivity index (χ4n) is 3.25. The van der Waals surface area contributed by atoms with E-state index in [9.17, 15) is 9.90 Å². The number of carbonyl (C=O) groups is 1. The first-order valence-corrected chi connectivity index (χ1v) is 7.72. The van der Waals surface area contributed by atoms with Crippen LogP contribution in [0.25, 0.3) is 0 Å². The predicted molar refractivity (Wildman–Crippen MR) is 86.6 cm³/mol. The highest BCUT2D eigenvalue weighted by molar-refractivity contribution is 5.81. The van der Waals surface area contributed by atoms with E-state index in [0.717, 1.165) is 24.8 Å². The lowest BCUT2D eigenvalue weighted by Gasteiger charge is -2.19. The topological polar surface area (TPSA) is 40.5 Å². The lowest BCUT2D eigenvalue weighted by atomic mass is 9.94. The Morgan fingerprint density at radius 1 is 1.00 bits per heavy atom. The Bertz CT molecular complexity index is 636. The summed E-state index contributed by atoms with van der Waals surface area (Å²) >= 11 is 0. The first kappa shape index (κ1) is 14.6. The molecule has 0 aromatic heterocycles. The second-order valence-electron chi connectivity index (χ2n) is 6.10. The molecule has 3 nitrogen and oxygen atoms in total. The predicted octanol–water partition coefficient (Wildman–Crippen LogP) is 3.02. The van der Waals surface area contributed by atoms with Crippen LogP contribution in [0.2, 0.25) is 0 Å². The maximum absolute atomic E-state index is 12.5. The minimum atomic E-state index is 0.0783. The number of phenolic OH excluding ortho intramolecular Hbond substituents is 1. The Morgan fingerprint density at radius 2 is 1.64 bits per heavy atom. The maximum Gasteiger partial charge on any atom is 0.226 e. The fraction of sp³-hybridized carbons (Fsp3) is 0.316. The van der Waals surface area contributed by atoms with Gasteiger partial charge in [0.2, 0.25) is 5.91 Å². The Labute approximate surface area is 131 Å². The first-order chi connectivity index (χ1) is 10.6. The summed E-state index contributed by atoms with van der Waals surface area (Å²) in [5.41, 5.74) is 2.38. The molecule has 1 amide bonds. The van der Waals surface area contributed by atoms with Gasteiger partial charge in [0.1, 0.15) is 5.75 Å². The van der Waals surface area contributed by atoms with Gasteiger partial charge in [0, 0.05) is 19.0 Å². The molecule has 1 unspecified atom stereocenters. The van der Waals surface area contributed by atoms with Crippen LogP contribution in [0, 0.1) is 5.92 Å². The maximum atomic E-state index is 12.5. The van der Waals surface area contributed by atoms with Gasteiger partial charge in [-0.1, -0.05) is 42.5 Å². The van der Waals surface area contributed by atoms with E-state index in [1.807, 2.05) is 42.3 Å². The number of benzene rings is 2. The summed E-state index contributed by atoms with van der Waals surface area (Å²) in [5, 5.41) is 9.35. The Morgan fingerprint density at radius 3 is 2.32 bits per heavy atom. The molecule has 3 rings (SSSR count). The van der Waals surface area contributed by atoms with Crippen molar-refractivity contribution >= 4 is 5.91 Å². The molecular weight excluding hydrogens is 274 g/mol. The van der Waals surface area contributed by atoms with E-state index in [-0.39, 0.29) is 23.6 Å². The molecule has 2 atom stereocenters. The Kier molecular flexibility index (Phi) is 4.14. The van der Waals surface area contributed by atoms with Crippen molar-refractivity contribution in [2.75, 3.05) is 7.05 Å². The minimum absolute atomic E-state index is 0.0783. The molecular formula is C19H21NO2. The van der Waals surface area contributed by atoms with Gasteiger partial charge in [0.05, 0.1) is 0 Å². The van der Waals surface area contributed by atoms with Crippen molar-refractivity contribution in [2.24, 2.45) is 5.92 Å². The largest absolute Gasteiger partial charge is 0.508 e. The van der Waals surface area contributed by atoms with Crippen LogP contribution in [-0.2, 0) is 17.6 Å². The van der Waals surface area contributed by atoms with Crippen LogP contribution in [0.5, 0.6) is 5.75 Å². The van der Waals surface area contributed by atoms with E-state index >= 15 is 0 Å². The Hall–Kier alpha value is -2.29. The van der Waals surface area contributed by atoms with Crippen molar-refractivity contribution < 1.29 is 9.90 Å². The van der Waals surface area contributed by atoms with Gasteiger partial charge in [-0.15, -0.1) is 0 Å². The van der Waals surface area contributed by atoms with Crippen molar-refractivity contribution in [3.8, 4) is 5.75 Å². The van der Waals surface area contributed by atoms with Gasteiger partial charge in [0.15, 0.2) is 0 Å². The average molecular weight is 295 g/mol. The number of aromatic hydroxyl groups is 1. The number of likely N-dealkylation sites (N-methyl/N-ethyl adjacent to an activating group) is 1. The molecule has 0 spiro atoms. The van der Waals surface area contributed by atoms with Gasteiger partial charge in [-0.05, 0) is 42.5 Å².